The molecule has 4 aromatic rings. The van der Waals surface area contributed by atoms with E-state index < -0.39 is 0 Å². The van der Waals surface area contributed by atoms with Crippen LogP contribution in [0.25, 0.3) is 0 Å². The Kier molecular flexibility index (Phi) is 5.75. The highest BCUT2D eigenvalue weighted by atomic mass is 16.5. The van der Waals surface area contributed by atoms with Gasteiger partial charge < -0.3 is 19.9 Å². The van der Waals surface area contributed by atoms with Gasteiger partial charge >= 0.3 is 0 Å². The van der Waals surface area contributed by atoms with Crippen LogP contribution in [0.15, 0.2) is 91.3 Å². The van der Waals surface area contributed by atoms with E-state index in [4.69, 9.17) is 4.74 Å². The molecule has 6 heteroatoms. The third-order valence-electron chi connectivity index (χ3n) is 4.61. The number of carbonyl (C=O) groups excluding carboxylic acids is 1. The molecule has 0 spiro atoms. The van der Waals surface area contributed by atoms with Crippen LogP contribution in [0.3, 0.4) is 0 Å². The van der Waals surface area contributed by atoms with Gasteiger partial charge in [0.1, 0.15) is 18.2 Å². The maximum Gasteiger partial charge on any atom is 0.255 e. The highest BCUT2D eigenvalue weighted by Crippen LogP contribution is 2.20. The zero-order chi connectivity index (χ0) is 20.8. The van der Waals surface area contributed by atoms with E-state index in [1.54, 1.807) is 30.5 Å². The van der Waals surface area contributed by atoms with Crippen LogP contribution in [0.2, 0.25) is 0 Å². The molecule has 0 aliphatic heterocycles. The number of nitrogens with one attached hydrogen (secondary N) is 2. The Balaban J connectivity index is 1.32. The number of nitrogens with zero attached hydrogens (tertiary/aromatic N) is 2. The van der Waals surface area contributed by atoms with Gasteiger partial charge in [0.15, 0.2) is 0 Å². The molecule has 1 amide bonds. The molecule has 0 saturated heterocycles. The Bertz CT molecular complexity index is 1100. The topological polar surface area (TPSA) is 68.2 Å². The summed E-state index contributed by atoms with van der Waals surface area (Å²) in [6.07, 6.45) is 3.60. The van der Waals surface area contributed by atoms with E-state index in [9.17, 15) is 4.79 Å². The van der Waals surface area contributed by atoms with Gasteiger partial charge in [-0.3, -0.25) is 4.79 Å². The van der Waals surface area contributed by atoms with Crippen molar-refractivity contribution >= 4 is 23.0 Å². The van der Waals surface area contributed by atoms with Crippen molar-refractivity contribution in [2.45, 2.75) is 6.61 Å². The first-order valence-corrected chi connectivity index (χ1v) is 9.60. The number of para-hydroxylation sites is 1. The average molecular weight is 398 g/mol. The molecule has 0 radical (unpaired) electrons. The minimum absolute atomic E-state index is 0.172. The molecular weight excluding hydrogens is 376 g/mol. The number of hydrogen-bond donors (Lipinski definition) is 2. The first-order valence-electron chi connectivity index (χ1n) is 9.60. The number of rotatable bonds is 7. The molecule has 0 aliphatic rings. The van der Waals surface area contributed by atoms with Gasteiger partial charge in [0, 0.05) is 42.1 Å². The second kappa shape index (κ2) is 8.96. The fourth-order valence-electron chi connectivity index (χ4n) is 2.91. The number of benzene rings is 3. The first-order chi connectivity index (χ1) is 14.7. The third-order valence-corrected chi connectivity index (χ3v) is 4.61. The maximum absolute atomic E-state index is 12.5. The van der Waals surface area contributed by atoms with E-state index in [1.165, 1.54) is 0 Å². The summed E-state index contributed by atoms with van der Waals surface area (Å²) in [7, 11) is 1.92. The van der Waals surface area contributed by atoms with Gasteiger partial charge in [-0.05, 0) is 60.7 Å². The third kappa shape index (κ3) is 4.86. The van der Waals surface area contributed by atoms with Gasteiger partial charge in [0.05, 0.1) is 0 Å². The number of hydrogen-bond acceptors (Lipinski definition) is 4. The molecule has 0 aliphatic carbocycles. The normalized spacial score (nSPS) is 10.4. The molecule has 0 bridgehead atoms. The summed E-state index contributed by atoms with van der Waals surface area (Å²) in [5.41, 5.74) is 3.26. The summed E-state index contributed by atoms with van der Waals surface area (Å²) >= 11 is 0. The molecule has 2 N–H and O–H groups in total. The van der Waals surface area contributed by atoms with Gasteiger partial charge in [0.25, 0.3) is 5.91 Å². The highest BCUT2D eigenvalue weighted by molar-refractivity contribution is 6.04. The quantitative estimate of drug-likeness (QED) is 0.460. The molecule has 150 valence electrons. The molecule has 1 aromatic heterocycles. The van der Waals surface area contributed by atoms with Crippen molar-refractivity contribution < 1.29 is 9.53 Å². The predicted molar refractivity (Wildman–Crippen MR) is 118 cm³/mol. The van der Waals surface area contributed by atoms with Gasteiger partial charge in [0.2, 0.25) is 0 Å². The molecule has 0 atom stereocenters. The van der Waals surface area contributed by atoms with Crippen LogP contribution < -0.4 is 15.4 Å². The van der Waals surface area contributed by atoms with E-state index in [0.717, 1.165) is 22.9 Å². The lowest BCUT2D eigenvalue weighted by molar-refractivity contribution is 0.102. The molecule has 30 heavy (non-hydrogen) atoms. The summed E-state index contributed by atoms with van der Waals surface area (Å²) in [4.78, 5) is 16.7. The summed E-state index contributed by atoms with van der Waals surface area (Å²) in [6, 6.07) is 24.6. The predicted octanol–water partition coefficient (Wildman–Crippen LogP) is 5.00. The van der Waals surface area contributed by atoms with E-state index in [-0.39, 0.29) is 5.91 Å². The monoisotopic (exact) mass is 398 g/mol. The van der Waals surface area contributed by atoms with Crippen molar-refractivity contribution in [3.05, 3.63) is 103 Å². The lowest BCUT2D eigenvalue weighted by Gasteiger charge is -2.10. The molecule has 4 rings (SSSR count). The van der Waals surface area contributed by atoms with Crippen LogP contribution in [-0.2, 0) is 13.7 Å². The number of ether oxygens (including phenoxy) is 1. The standard InChI is InChI=1S/C24H22N4O2/c1-28-16-15-25-23(28)17-30-22-13-7-18(8-14-22)24(29)27-21-11-9-20(10-12-21)26-19-5-3-2-4-6-19/h2-16,26H,17H2,1H3,(H,27,29). The van der Waals surface area contributed by atoms with Gasteiger partial charge in [-0.1, -0.05) is 18.2 Å². The van der Waals surface area contributed by atoms with Crippen LogP contribution >= 0.6 is 0 Å². The Hall–Kier alpha value is -4.06. The van der Waals surface area contributed by atoms with Crippen molar-refractivity contribution in [3.63, 3.8) is 0 Å². The zero-order valence-corrected chi connectivity index (χ0v) is 16.6. The van der Waals surface area contributed by atoms with Crippen LogP contribution in [0.4, 0.5) is 17.1 Å². The Morgan fingerprint density at radius 1 is 0.900 bits per heavy atom. The largest absolute Gasteiger partial charge is 0.486 e. The lowest BCUT2D eigenvalue weighted by atomic mass is 10.2. The van der Waals surface area contributed by atoms with Crippen molar-refractivity contribution in [1.29, 1.82) is 0 Å². The van der Waals surface area contributed by atoms with Gasteiger partial charge in [-0.2, -0.15) is 0 Å². The van der Waals surface area contributed by atoms with Crippen LogP contribution in [0.1, 0.15) is 16.2 Å². The SMILES string of the molecule is Cn1ccnc1COc1ccc(C(=O)Nc2ccc(Nc3ccccc3)cc2)cc1. The number of anilines is 3. The Morgan fingerprint density at radius 3 is 2.23 bits per heavy atom. The first kappa shape index (κ1) is 19.3. The summed E-state index contributed by atoms with van der Waals surface area (Å²) in [6.45, 7) is 0.373. The zero-order valence-electron chi connectivity index (χ0n) is 16.6. The second-order valence-electron chi connectivity index (χ2n) is 6.79. The van der Waals surface area contributed by atoms with E-state index in [1.807, 2.05) is 72.4 Å². The lowest BCUT2D eigenvalue weighted by Crippen LogP contribution is -2.11. The molecule has 0 saturated carbocycles. The molecule has 6 nitrogen and oxygen atoms in total. The smallest absolute Gasteiger partial charge is 0.255 e. The fraction of sp³-hybridized carbons (Fsp3) is 0.0833. The number of carbonyl (C=O) groups is 1. The molecule has 3 aromatic carbocycles. The van der Waals surface area contributed by atoms with Gasteiger partial charge in [-0.15, -0.1) is 0 Å². The van der Waals surface area contributed by atoms with Crippen LogP contribution in [0, 0.1) is 0 Å². The minimum Gasteiger partial charge on any atom is -0.486 e. The van der Waals surface area contributed by atoms with Crippen molar-refractivity contribution in [1.82, 2.24) is 9.55 Å². The van der Waals surface area contributed by atoms with Crippen molar-refractivity contribution in [2.75, 3.05) is 10.6 Å². The fourth-order valence-corrected chi connectivity index (χ4v) is 2.91. The van der Waals surface area contributed by atoms with E-state index in [2.05, 4.69) is 15.6 Å². The molecule has 0 unspecified atom stereocenters. The number of amides is 1. The summed E-state index contributed by atoms with van der Waals surface area (Å²) in [5, 5.41) is 6.22. The molecular formula is C24H22N4O2. The Morgan fingerprint density at radius 2 is 1.57 bits per heavy atom. The number of aromatic nitrogens is 2. The summed E-state index contributed by atoms with van der Waals surface area (Å²) in [5.74, 6) is 1.35. The van der Waals surface area contributed by atoms with Crippen molar-refractivity contribution in [3.8, 4) is 5.75 Å². The van der Waals surface area contributed by atoms with Crippen LogP contribution in [0.5, 0.6) is 5.75 Å². The maximum atomic E-state index is 12.5. The summed E-state index contributed by atoms with van der Waals surface area (Å²) < 4.78 is 7.63. The minimum atomic E-state index is -0.172. The van der Waals surface area contributed by atoms with Crippen LogP contribution in [-0.4, -0.2) is 15.5 Å². The number of aryl methyl sites for hydroxylation is 1. The molecule has 0 fully saturated rings. The number of imidazole rings is 1. The molecule has 1 heterocycles. The van der Waals surface area contributed by atoms with E-state index >= 15 is 0 Å². The second-order valence-corrected chi connectivity index (χ2v) is 6.79. The Labute approximate surface area is 175 Å². The van der Waals surface area contributed by atoms with E-state index in [0.29, 0.717) is 17.9 Å². The van der Waals surface area contributed by atoms with Crippen molar-refractivity contribution in [2.24, 2.45) is 7.05 Å². The average Bonchev–Trinajstić information content (AvgIpc) is 3.19. The van der Waals surface area contributed by atoms with Gasteiger partial charge in [-0.25, -0.2) is 4.98 Å². The highest BCUT2D eigenvalue weighted by Gasteiger charge is 2.07.